The van der Waals surface area contributed by atoms with Crippen LogP contribution in [-0.2, 0) is 10.2 Å². The van der Waals surface area contributed by atoms with Gasteiger partial charge in [0, 0.05) is 17.3 Å². The average Bonchev–Trinajstić information content (AvgIpc) is 3.10. The number of nitriles is 1. The summed E-state index contributed by atoms with van der Waals surface area (Å²) in [6, 6.07) is 10.0. The zero-order valence-corrected chi connectivity index (χ0v) is 16.3. The lowest BCUT2D eigenvalue weighted by atomic mass is 9.81. The Bertz CT molecular complexity index is 942. The normalized spacial score (nSPS) is 25.6. The van der Waals surface area contributed by atoms with Crippen molar-refractivity contribution in [2.75, 3.05) is 18.5 Å². The molecule has 0 radical (unpaired) electrons. The van der Waals surface area contributed by atoms with Gasteiger partial charge in [0.15, 0.2) is 5.82 Å². The summed E-state index contributed by atoms with van der Waals surface area (Å²) >= 11 is 0. The summed E-state index contributed by atoms with van der Waals surface area (Å²) in [6.07, 6.45) is 2.74. The molecule has 4 N–H and O–H groups in total. The van der Waals surface area contributed by atoms with Gasteiger partial charge in [0.1, 0.15) is 5.56 Å². The number of carbonyl (C=O) groups excluding carboxylic acids is 1. The predicted octanol–water partition coefficient (Wildman–Crippen LogP) is 2.24. The Labute approximate surface area is 169 Å². The molecule has 2 aromatic rings. The number of hydrogen-bond acceptors (Lipinski definition) is 6. The lowest BCUT2D eigenvalue weighted by molar-refractivity contribution is -0.0499. The van der Waals surface area contributed by atoms with E-state index < -0.39 is 12.0 Å². The molecule has 1 amide bonds. The highest BCUT2D eigenvalue weighted by Crippen LogP contribution is 2.35. The third-order valence-electron chi connectivity index (χ3n) is 5.97. The SMILES string of the molecule is CC1(c2ccc(Nc3nn(C4CCC(O)CC4C#N)cc3C(N)=O)cc2)COC1. The van der Waals surface area contributed by atoms with Gasteiger partial charge in [-0.2, -0.15) is 10.4 Å². The molecule has 8 nitrogen and oxygen atoms in total. The lowest BCUT2D eigenvalue weighted by Crippen LogP contribution is -2.43. The highest BCUT2D eigenvalue weighted by molar-refractivity contribution is 5.98. The zero-order chi connectivity index (χ0) is 20.6. The Morgan fingerprint density at radius 1 is 1.38 bits per heavy atom. The molecule has 3 unspecified atom stereocenters. The average molecular weight is 395 g/mol. The van der Waals surface area contributed by atoms with Gasteiger partial charge in [-0.3, -0.25) is 9.48 Å². The maximum Gasteiger partial charge on any atom is 0.254 e. The van der Waals surface area contributed by atoms with Crippen LogP contribution in [0.5, 0.6) is 0 Å². The number of ether oxygens (including phenoxy) is 1. The number of nitrogens with two attached hydrogens (primary N) is 1. The summed E-state index contributed by atoms with van der Waals surface area (Å²) < 4.78 is 6.97. The number of aliphatic hydroxyl groups is 1. The second kappa shape index (κ2) is 7.50. The van der Waals surface area contributed by atoms with Crippen molar-refractivity contribution in [2.45, 2.75) is 43.7 Å². The maximum atomic E-state index is 12.0. The molecule has 152 valence electrons. The molecule has 1 aliphatic carbocycles. The van der Waals surface area contributed by atoms with Gasteiger partial charge in [0.05, 0.1) is 37.3 Å². The van der Waals surface area contributed by atoms with Crippen molar-refractivity contribution in [3.63, 3.8) is 0 Å². The summed E-state index contributed by atoms with van der Waals surface area (Å²) in [5.41, 5.74) is 7.88. The van der Waals surface area contributed by atoms with E-state index in [1.54, 1.807) is 10.9 Å². The molecule has 1 aromatic carbocycles. The minimum atomic E-state index is -0.584. The summed E-state index contributed by atoms with van der Waals surface area (Å²) in [6.45, 7) is 3.59. The number of anilines is 2. The third-order valence-corrected chi connectivity index (χ3v) is 5.97. The number of aromatic nitrogens is 2. The van der Waals surface area contributed by atoms with E-state index in [0.717, 1.165) is 5.69 Å². The molecule has 0 bridgehead atoms. The smallest absolute Gasteiger partial charge is 0.254 e. The molecule has 3 atom stereocenters. The number of aliphatic hydroxyl groups excluding tert-OH is 1. The molecule has 4 rings (SSSR count). The fourth-order valence-corrected chi connectivity index (χ4v) is 4.09. The van der Waals surface area contributed by atoms with Crippen molar-refractivity contribution in [3.8, 4) is 6.07 Å². The first-order valence-electron chi connectivity index (χ1n) is 9.81. The van der Waals surface area contributed by atoms with Crippen LogP contribution in [0.1, 0.15) is 48.1 Å². The molecule has 1 saturated carbocycles. The van der Waals surface area contributed by atoms with Crippen molar-refractivity contribution in [2.24, 2.45) is 11.7 Å². The molecule has 2 heterocycles. The highest BCUT2D eigenvalue weighted by Gasteiger charge is 2.35. The maximum absolute atomic E-state index is 12.0. The fraction of sp³-hybridized carbons (Fsp3) is 0.476. The van der Waals surface area contributed by atoms with Crippen molar-refractivity contribution >= 4 is 17.4 Å². The topological polar surface area (TPSA) is 126 Å². The van der Waals surface area contributed by atoms with Crippen LogP contribution < -0.4 is 11.1 Å². The van der Waals surface area contributed by atoms with Crippen LogP contribution in [-0.4, -0.2) is 40.1 Å². The van der Waals surface area contributed by atoms with Crippen LogP contribution in [0.4, 0.5) is 11.5 Å². The Balaban J connectivity index is 1.57. The summed E-state index contributed by atoms with van der Waals surface area (Å²) in [7, 11) is 0. The van der Waals surface area contributed by atoms with Gasteiger partial charge in [-0.25, -0.2) is 0 Å². The molecule has 2 aliphatic rings. The van der Waals surface area contributed by atoms with Gasteiger partial charge in [-0.15, -0.1) is 0 Å². The lowest BCUT2D eigenvalue weighted by Gasteiger charge is -2.38. The first kappa shape index (κ1) is 19.4. The van der Waals surface area contributed by atoms with E-state index >= 15 is 0 Å². The standard InChI is InChI=1S/C21H25N5O3/c1-21(11-29-12-21)14-2-4-15(5-3-14)24-20-17(19(23)28)10-26(25-20)18-7-6-16(27)8-13(18)9-22/h2-5,10,13,16,18,27H,6-8,11-12H2,1H3,(H2,23,28)(H,24,25). The molecule has 1 saturated heterocycles. The molecule has 8 heteroatoms. The minimum Gasteiger partial charge on any atom is -0.393 e. The van der Waals surface area contributed by atoms with Crippen LogP contribution in [0.2, 0.25) is 0 Å². The number of primary amides is 1. The predicted molar refractivity (Wildman–Crippen MR) is 107 cm³/mol. The zero-order valence-electron chi connectivity index (χ0n) is 16.3. The van der Waals surface area contributed by atoms with E-state index in [2.05, 4.69) is 23.4 Å². The first-order valence-corrected chi connectivity index (χ1v) is 9.81. The Kier molecular flexibility index (Phi) is 5.03. The highest BCUT2D eigenvalue weighted by atomic mass is 16.5. The third kappa shape index (κ3) is 3.71. The van der Waals surface area contributed by atoms with Gasteiger partial charge in [0.25, 0.3) is 5.91 Å². The van der Waals surface area contributed by atoms with Gasteiger partial charge in [0.2, 0.25) is 0 Å². The van der Waals surface area contributed by atoms with Crippen molar-refractivity contribution < 1.29 is 14.6 Å². The Hall–Kier alpha value is -2.89. The van der Waals surface area contributed by atoms with Crippen LogP contribution in [0, 0.1) is 17.2 Å². The number of nitrogens with one attached hydrogen (secondary N) is 1. The summed E-state index contributed by atoms with van der Waals surface area (Å²) in [4.78, 5) is 12.0. The number of hydrogen-bond donors (Lipinski definition) is 3. The van der Waals surface area contributed by atoms with Crippen LogP contribution in [0.3, 0.4) is 0 Å². The quantitative estimate of drug-likeness (QED) is 0.713. The van der Waals surface area contributed by atoms with Gasteiger partial charge >= 0.3 is 0 Å². The molecule has 29 heavy (non-hydrogen) atoms. The number of rotatable bonds is 5. The molecule has 1 aliphatic heterocycles. The Morgan fingerprint density at radius 2 is 2.10 bits per heavy atom. The van der Waals surface area contributed by atoms with Crippen LogP contribution in [0.25, 0.3) is 0 Å². The minimum absolute atomic E-state index is 0.0519. The van der Waals surface area contributed by atoms with Crippen molar-refractivity contribution in [1.82, 2.24) is 9.78 Å². The van der Waals surface area contributed by atoms with Gasteiger partial charge < -0.3 is 20.9 Å². The molecular formula is C21H25N5O3. The van der Waals surface area contributed by atoms with E-state index in [-0.39, 0.29) is 22.9 Å². The summed E-state index contributed by atoms with van der Waals surface area (Å²) in [5, 5.41) is 27.0. The van der Waals surface area contributed by atoms with E-state index in [4.69, 9.17) is 10.5 Å². The van der Waals surface area contributed by atoms with Crippen molar-refractivity contribution in [3.05, 3.63) is 41.6 Å². The van der Waals surface area contributed by atoms with E-state index in [1.165, 1.54) is 5.56 Å². The van der Waals surface area contributed by atoms with E-state index in [9.17, 15) is 15.2 Å². The van der Waals surface area contributed by atoms with Gasteiger partial charge in [-0.05, 0) is 37.0 Å². The second-order valence-electron chi connectivity index (χ2n) is 8.26. The number of amides is 1. The Morgan fingerprint density at radius 3 is 2.69 bits per heavy atom. The number of benzene rings is 1. The first-order chi connectivity index (χ1) is 13.9. The molecular weight excluding hydrogens is 370 g/mol. The van der Waals surface area contributed by atoms with Crippen molar-refractivity contribution in [1.29, 1.82) is 5.26 Å². The number of nitrogens with zero attached hydrogens (tertiary/aromatic N) is 3. The monoisotopic (exact) mass is 395 g/mol. The summed E-state index contributed by atoms with van der Waals surface area (Å²) in [5.74, 6) is -0.581. The van der Waals surface area contributed by atoms with Crippen LogP contribution >= 0.6 is 0 Å². The largest absolute Gasteiger partial charge is 0.393 e. The second-order valence-corrected chi connectivity index (χ2v) is 8.26. The fourth-order valence-electron chi connectivity index (χ4n) is 4.09. The molecule has 0 spiro atoms. The van der Waals surface area contributed by atoms with E-state index in [1.807, 2.05) is 24.3 Å². The van der Waals surface area contributed by atoms with Crippen LogP contribution in [0.15, 0.2) is 30.5 Å². The molecule has 2 fully saturated rings. The molecule has 1 aromatic heterocycles. The number of carbonyl (C=O) groups is 1. The van der Waals surface area contributed by atoms with E-state index in [0.29, 0.717) is 38.3 Å². The van der Waals surface area contributed by atoms with Gasteiger partial charge in [-0.1, -0.05) is 19.1 Å².